The van der Waals surface area contributed by atoms with Crippen molar-refractivity contribution in [2.45, 2.75) is 45.1 Å². The summed E-state index contributed by atoms with van der Waals surface area (Å²) in [7, 11) is 0. The molecule has 1 aliphatic rings. The van der Waals surface area contributed by atoms with Crippen LogP contribution in [0.15, 0.2) is 5.38 Å². The lowest BCUT2D eigenvalue weighted by Gasteiger charge is -2.16. The van der Waals surface area contributed by atoms with Gasteiger partial charge in [0.25, 0.3) is 0 Å². The molecular weight excluding hydrogens is 192 g/mol. The number of thiazole rings is 1. The van der Waals surface area contributed by atoms with Crippen LogP contribution in [0.5, 0.6) is 0 Å². The van der Waals surface area contributed by atoms with Gasteiger partial charge in [0.2, 0.25) is 0 Å². The standard InChI is InChI=1S/C11H18N2S/c1-7-4-9(7)10-13-8(6-14-10)5-11(2,3)12/h6-7,9H,4-5,12H2,1-3H3. The van der Waals surface area contributed by atoms with Gasteiger partial charge in [0.05, 0.1) is 10.7 Å². The van der Waals surface area contributed by atoms with Crippen molar-refractivity contribution in [3.8, 4) is 0 Å². The van der Waals surface area contributed by atoms with E-state index in [9.17, 15) is 0 Å². The zero-order valence-electron chi connectivity index (χ0n) is 9.08. The minimum Gasteiger partial charge on any atom is -0.325 e. The van der Waals surface area contributed by atoms with E-state index in [4.69, 9.17) is 5.73 Å². The van der Waals surface area contributed by atoms with E-state index in [0.29, 0.717) is 0 Å². The maximum absolute atomic E-state index is 5.96. The molecule has 2 nitrogen and oxygen atoms in total. The first kappa shape index (κ1) is 10.1. The Hall–Kier alpha value is -0.410. The molecular formula is C11H18N2S. The Labute approximate surface area is 89.5 Å². The fraction of sp³-hybridized carbons (Fsp3) is 0.727. The molecule has 0 bridgehead atoms. The molecule has 0 radical (unpaired) electrons. The molecule has 0 amide bonds. The van der Waals surface area contributed by atoms with Crippen molar-refractivity contribution in [1.82, 2.24) is 4.98 Å². The van der Waals surface area contributed by atoms with Gasteiger partial charge >= 0.3 is 0 Å². The van der Waals surface area contributed by atoms with E-state index in [2.05, 4.69) is 17.3 Å². The molecule has 1 aromatic heterocycles. The first-order chi connectivity index (χ1) is 6.46. The zero-order chi connectivity index (χ0) is 10.3. The smallest absolute Gasteiger partial charge is 0.0962 e. The Morgan fingerprint density at radius 2 is 2.29 bits per heavy atom. The topological polar surface area (TPSA) is 38.9 Å². The lowest BCUT2D eigenvalue weighted by molar-refractivity contribution is 0.511. The highest BCUT2D eigenvalue weighted by atomic mass is 32.1. The summed E-state index contributed by atoms with van der Waals surface area (Å²) in [5.41, 5.74) is 6.99. The van der Waals surface area contributed by atoms with E-state index >= 15 is 0 Å². The maximum Gasteiger partial charge on any atom is 0.0962 e. The molecule has 1 aromatic rings. The molecule has 2 rings (SSSR count). The Bertz CT molecular complexity index is 324. The van der Waals surface area contributed by atoms with Gasteiger partial charge < -0.3 is 5.73 Å². The van der Waals surface area contributed by atoms with Crippen LogP contribution in [-0.4, -0.2) is 10.5 Å². The third-order valence-corrected chi connectivity index (χ3v) is 3.66. The molecule has 1 fully saturated rings. The molecule has 2 N–H and O–H groups in total. The first-order valence-corrected chi connectivity index (χ1v) is 6.07. The summed E-state index contributed by atoms with van der Waals surface area (Å²) in [6.07, 6.45) is 2.20. The number of nitrogens with zero attached hydrogens (tertiary/aromatic N) is 1. The van der Waals surface area contributed by atoms with Gasteiger partial charge in [-0.3, -0.25) is 0 Å². The largest absolute Gasteiger partial charge is 0.325 e. The van der Waals surface area contributed by atoms with Crippen molar-refractivity contribution in [2.75, 3.05) is 0 Å². The Morgan fingerprint density at radius 1 is 1.64 bits per heavy atom. The molecule has 2 atom stereocenters. The highest BCUT2D eigenvalue weighted by Gasteiger charge is 2.36. The average molecular weight is 210 g/mol. The molecule has 3 heteroatoms. The van der Waals surface area contributed by atoms with Crippen LogP contribution in [0.3, 0.4) is 0 Å². The fourth-order valence-electron chi connectivity index (χ4n) is 1.71. The van der Waals surface area contributed by atoms with Crippen molar-refractivity contribution in [3.63, 3.8) is 0 Å². The summed E-state index contributed by atoms with van der Waals surface area (Å²) in [4.78, 5) is 4.65. The highest BCUT2D eigenvalue weighted by molar-refractivity contribution is 7.09. The van der Waals surface area contributed by atoms with E-state index in [1.54, 1.807) is 11.3 Å². The van der Waals surface area contributed by atoms with E-state index in [1.807, 2.05) is 13.8 Å². The second kappa shape index (κ2) is 3.31. The summed E-state index contributed by atoms with van der Waals surface area (Å²) in [5, 5.41) is 3.48. The zero-order valence-corrected chi connectivity index (χ0v) is 9.90. The Balaban J connectivity index is 2.03. The lowest BCUT2D eigenvalue weighted by Crippen LogP contribution is -2.34. The second-order valence-corrected chi connectivity index (χ2v) is 6.05. The third kappa shape index (κ3) is 2.34. The van der Waals surface area contributed by atoms with Crippen LogP contribution in [0.25, 0.3) is 0 Å². The number of nitrogens with two attached hydrogens (primary N) is 1. The average Bonchev–Trinajstić information content (AvgIpc) is 2.58. The summed E-state index contributed by atoms with van der Waals surface area (Å²) >= 11 is 1.80. The second-order valence-electron chi connectivity index (χ2n) is 5.16. The summed E-state index contributed by atoms with van der Waals surface area (Å²) in [6, 6.07) is 0. The quantitative estimate of drug-likeness (QED) is 0.832. The van der Waals surface area contributed by atoms with Gasteiger partial charge in [-0.25, -0.2) is 4.98 Å². The summed E-state index contributed by atoms with van der Waals surface area (Å²) in [6.45, 7) is 6.39. The van der Waals surface area contributed by atoms with Crippen molar-refractivity contribution in [1.29, 1.82) is 0 Å². The molecule has 14 heavy (non-hydrogen) atoms. The van der Waals surface area contributed by atoms with Gasteiger partial charge in [0.15, 0.2) is 0 Å². The first-order valence-electron chi connectivity index (χ1n) is 5.19. The van der Waals surface area contributed by atoms with Crippen LogP contribution < -0.4 is 5.73 Å². The van der Waals surface area contributed by atoms with Crippen molar-refractivity contribution in [2.24, 2.45) is 11.7 Å². The van der Waals surface area contributed by atoms with E-state index < -0.39 is 0 Å². The molecule has 78 valence electrons. The third-order valence-electron chi connectivity index (χ3n) is 2.63. The molecule has 1 heterocycles. The normalized spacial score (nSPS) is 26.6. The molecule has 1 saturated carbocycles. The molecule has 2 unspecified atom stereocenters. The summed E-state index contributed by atoms with van der Waals surface area (Å²) < 4.78 is 0. The SMILES string of the molecule is CC1CC1c1nc(CC(C)(C)N)cs1. The predicted octanol–water partition coefficient (Wildman–Crippen LogP) is 2.55. The van der Waals surface area contributed by atoms with E-state index in [0.717, 1.165) is 24.0 Å². The van der Waals surface area contributed by atoms with Gasteiger partial charge in [-0.1, -0.05) is 6.92 Å². The van der Waals surface area contributed by atoms with Crippen LogP contribution in [-0.2, 0) is 6.42 Å². The van der Waals surface area contributed by atoms with Crippen LogP contribution in [0.2, 0.25) is 0 Å². The van der Waals surface area contributed by atoms with E-state index in [-0.39, 0.29) is 5.54 Å². The maximum atomic E-state index is 5.96. The fourth-order valence-corrected chi connectivity index (χ4v) is 2.77. The minimum atomic E-state index is -0.138. The molecule has 1 aliphatic carbocycles. The number of aromatic nitrogens is 1. The molecule has 0 saturated heterocycles. The Morgan fingerprint density at radius 3 is 2.79 bits per heavy atom. The molecule has 0 aromatic carbocycles. The van der Waals surface area contributed by atoms with Crippen LogP contribution in [0.4, 0.5) is 0 Å². The predicted molar refractivity (Wildman–Crippen MR) is 60.6 cm³/mol. The van der Waals surface area contributed by atoms with Crippen molar-refractivity contribution in [3.05, 3.63) is 16.1 Å². The van der Waals surface area contributed by atoms with Crippen LogP contribution >= 0.6 is 11.3 Å². The van der Waals surface area contributed by atoms with Crippen LogP contribution in [0.1, 0.15) is 43.8 Å². The minimum absolute atomic E-state index is 0.138. The molecule has 0 spiro atoms. The van der Waals surface area contributed by atoms with Crippen molar-refractivity contribution >= 4 is 11.3 Å². The highest BCUT2D eigenvalue weighted by Crippen LogP contribution is 2.47. The lowest BCUT2D eigenvalue weighted by atomic mass is 10.0. The number of hydrogen-bond acceptors (Lipinski definition) is 3. The van der Waals surface area contributed by atoms with Crippen LogP contribution in [0, 0.1) is 5.92 Å². The van der Waals surface area contributed by atoms with E-state index in [1.165, 1.54) is 11.4 Å². The monoisotopic (exact) mass is 210 g/mol. The number of hydrogen-bond donors (Lipinski definition) is 1. The molecule has 0 aliphatic heterocycles. The summed E-state index contributed by atoms with van der Waals surface area (Å²) in [5.74, 6) is 1.59. The van der Waals surface area contributed by atoms with Gasteiger partial charge in [0.1, 0.15) is 0 Å². The van der Waals surface area contributed by atoms with Gasteiger partial charge in [-0.05, 0) is 26.2 Å². The van der Waals surface area contributed by atoms with Gasteiger partial charge in [-0.2, -0.15) is 0 Å². The van der Waals surface area contributed by atoms with Gasteiger partial charge in [-0.15, -0.1) is 11.3 Å². The van der Waals surface area contributed by atoms with Crippen molar-refractivity contribution < 1.29 is 0 Å². The van der Waals surface area contributed by atoms with Gasteiger partial charge in [0, 0.05) is 23.3 Å². The Kier molecular flexibility index (Phi) is 2.40. The number of rotatable bonds is 3.